The first-order valence-electron chi connectivity index (χ1n) is 4.19. The van der Waals surface area contributed by atoms with Crippen molar-refractivity contribution in [2.75, 3.05) is 0 Å². The summed E-state index contributed by atoms with van der Waals surface area (Å²) in [5, 5.41) is 6.80. The minimum Gasteiger partial charge on any atom is -0.454 e. The molecule has 2 rings (SSSR count). The molecule has 0 bridgehead atoms. The standard InChI is InChI=1S/C9H9IN2O2/c10-9-2-1-7(13-9)5-11-6-8-3-4-12-14-8/h1-4,11H,5-6H2. The molecule has 0 aromatic carbocycles. The van der Waals surface area contributed by atoms with E-state index >= 15 is 0 Å². The van der Waals surface area contributed by atoms with Gasteiger partial charge in [-0.2, -0.15) is 0 Å². The van der Waals surface area contributed by atoms with Gasteiger partial charge in [-0.3, -0.25) is 0 Å². The number of aromatic nitrogens is 1. The Morgan fingerprint density at radius 3 is 2.71 bits per heavy atom. The Morgan fingerprint density at radius 1 is 1.21 bits per heavy atom. The van der Waals surface area contributed by atoms with Crippen LogP contribution in [0.2, 0.25) is 0 Å². The van der Waals surface area contributed by atoms with Gasteiger partial charge in [0.1, 0.15) is 11.5 Å². The summed E-state index contributed by atoms with van der Waals surface area (Å²) in [5.74, 6) is 1.75. The number of furan rings is 1. The lowest BCUT2D eigenvalue weighted by Gasteiger charge is -1.97. The lowest BCUT2D eigenvalue weighted by molar-refractivity contribution is 0.368. The van der Waals surface area contributed by atoms with Gasteiger partial charge in [0.05, 0.1) is 19.3 Å². The molecular weight excluding hydrogens is 295 g/mol. The van der Waals surface area contributed by atoms with E-state index in [0.717, 1.165) is 15.3 Å². The number of nitrogens with one attached hydrogen (secondary N) is 1. The van der Waals surface area contributed by atoms with Crippen LogP contribution in [0.25, 0.3) is 0 Å². The zero-order chi connectivity index (χ0) is 9.80. The highest BCUT2D eigenvalue weighted by Crippen LogP contribution is 2.09. The van der Waals surface area contributed by atoms with Gasteiger partial charge in [-0.15, -0.1) is 0 Å². The van der Waals surface area contributed by atoms with Gasteiger partial charge < -0.3 is 14.3 Å². The quantitative estimate of drug-likeness (QED) is 0.880. The van der Waals surface area contributed by atoms with E-state index in [2.05, 4.69) is 33.1 Å². The van der Waals surface area contributed by atoms with Crippen LogP contribution in [0, 0.1) is 3.77 Å². The molecule has 4 nitrogen and oxygen atoms in total. The fraction of sp³-hybridized carbons (Fsp3) is 0.222. The molecule has 14 heavy (non-hydrogen) atoms. The normalized spacial score (nSPS) is 10.6. The number of nitrogens with zero attached hydrogens (tertiary/aromatic N) is 1. The maximum absolute atomic E-state index is 5.38. The molecule has 0 saturated heterocycles. The Morgan fingerprint density at radius 2 is 2.07 bits per heavy atom. The van der Waals surface area contributed by atoms with Crippen molar-refractivity contribution < 1.29 is 8.94 Å². The van der Waals surface area contributed by atoms with Crippen LogP contribution >= 0.6 is 22.6 Å². The third-order valence-corrected chi connectivity index (χ3v) is 2.30. The summed E-state index contributed by atoms with van der Waals surface area (Å²) in [7, 11) is 0. The van der Waals surface area contributed by atoms with Gasteiger partial charge >= 0.3 is 0 Å². The smallest absolute Gasteiger partial charge is 0.164 e. The zero-order valence-electron chi connectivity index (χ0n) is 7.37. The number of hydrogen-bond donors (Lipinski definition) is 1. The Balaban J connectivity index is 1.78. The molecule has 0 aliphatic rings. The van der Waals surface area contributed by atoms with Gasteiger partial charge in [0, 0.05) is 6.07 Å². The summed E-state index contributed by atoms with van der Waals surface area (Å²) >= 11 is 2.14. The van der Waals surface area contributed by atoms with Crippen molar-refractivity contribution in [1.29, 1.82) is 0 Å². The molecule has 0 unspecified atom stereocenters. The highest BCUT2D eigenvalue weighted by molar-refractivity contribution is 14.1. The average molecular weight is 304 g/mol. The van der Waals surface area contributed by atoms with Crippen LogP contribution in [0.15, 0.2) is 33.3 Å². The number of halogens is 1. The van der Waals surface area contributed by atoms with Crippen LogP contribution in [0.1, 0.15) is 11.5 Å². The molecule has 0 radical (unpaired) electrons. The maximum Gasteiger partial charge on any atom is 0.164 e. The van der Waals surface area contributed by atoms with Gasteiger partial charge in [-0.1, -0.05) is 5.16 Å². The van der Waals surface area contributed by atoms with Crippen LogP contribution in [-0.4, -0.2) is 5.16 Å². The molecule has 1 N–H and O–H groups in total. The minimum absolute atomic E-state index is 0.664. The van der Waals surface area contributed by atoms with E-state index in [4.69, 9.17) is 8.94 Å². The van der Waals surface area contributed by atoms with E-state index < -0.39 is 0 Å². The summed E-state index contributed by atoms with van der Waals surface area (Å²) in [5.41, 5.74) is 0. The second-order valence-electron chi connectivity index (χ2n) is 2.79. The summed E-state index contributed by atoms with van der Waals surface area (Å²) < 4.78 is 11.2. The number of rotatable bonds is 4. The molecule has 0 fully saturated rings. The van der Waals surface area contributed by atoms with Crippen LogP contribution in [0.4, 0.5) is 0 Å². The van der Waals surface area contributed by atoms with E-state index in [1.807, 2.05) is 18.2 Å². The lowest BCUT2D eigenvalue weighted by atomic mass is 10.4. The van der Waals surface area contributed by atoms with Gasteiger partial charge in [-0.05, 0) is 34.7 Å². The Hall–Kier alpha value is -0.820. The first kappa shape index (κ1) is 9.72. The van der Waals surface area contributed by atoms with E-state index in [0.29, 0.717) is 13.1 Å². The van der Waals surface area contributed by atoms with E-state index in [1.165, 1.54) is 0 Å². The van der Waals surface area contributed by atoms with E-state index in [9.17, 15) is 0 Å². The molecular formula is C9H9IN2O2. The van der Waals surface area contributed by atoms with Crippen LogP contribution in [-0.2, 0) is 13.1 Å². The molecule has 0 spiro atoms. The molecule has 2 aromatic rings. The Kier molecular flexibility index (Phi) is 3.20. The molecule has 0 atom stereocenters. The highest BCUT2D eigenvalue weighted by Gasteiger charge is 2.00. The van der Waals surface area contributed by atoms with Crippen molar-refractivity contribution in [3.63, 3.8) is 0 Å². The fourth-order valence-electron chi connectivity index (χ4n) is 1.09. The second kappa shape index (κ2) is 4.61. The summed E-state index contributed by atoms with van der Waals surface area (Å²) in [6, 6.07) is 5.72. The van der Waals surface area contributed by atoms with Crippen molar-refractivity contribution in [3.8, 4) is 0 Å². The molecule has 5 heteroatoms. The van der Waals surface area contributed by atoms with Gasteiger partial charge in [0.25, 0.3) is 0 Å². The van der Waals surface area contributed by atoms with Crippen molar-refractivity contribution in [2.24, 2.45) is 0 Å². The van der Waals surface area contributed by atoms with Crippen LogP contribution < -0.4 is 5.32 Å². The summed E-state index contributed by atoms with van der Waals surface area (Å²) in [4.78, 5) is 0. The molecule has 0 aliphatic carbocycles. The molecule has 0 amide bonds. The van der Waals surface area contributed by atoms with Crippen LogP contribution in [0.3, 0.4) is 0 Å². The lowest BCUT2D eigenvalue weighted by Crippen LogP contribution is -2.11. The highest BCUT2D eigenvalue weighted by atomic mass is 127. The first-order valence-corrected chi connectivity index (χ1v) is 5.27. The number of hydrogen-bond acceptors (Lipinski definition) is 4. The van der Waals surface area contributed by atoms with Gasteiger partial charge in [-0.25, -0.2) is 0 Å². The van der Waals surface area contributed by atoms with E-state index in [1.54, 1.807) is 6.20 Å². The average Bonchev–Trinajstić information content (AvgIpc) is 2.77. The monoisotopic (exact) mass is 304 g/mol. The topological polar surface area (TPSA) is 51.2 Å². The zero-order valence-corrected chi connectivity index (χ0v) is 9.52. The maximum atomic E-state index is 5.38. The largest absolute Gasteiger partial charge is 0.454 e. The second-order valence-corrected chi connectivity index (χ2v) is 3.85. The minimum atomic E-state index is 0.664. The molecule has 74 valence electrons. The van der Waals surface area contributed by atoms with E-state index in [-0.39, 0.29) is 0 Å². The fourth-order valence-corrected chi connectivity index (χ4v) is 1.55. The molecule has 2 heterocycles. The Labute approximate surface area is 94.8 Å². The third-order valence-electron chi connectivity index (χ3n) is 1.72. The van der Waals surface area contributed by atoms with Crippen molar-refractivity contribution in [2.45, 2.75) is 13.1 Å². The molecule has 0 saturated carbocycles. The predicted octanol–water partition coefficient (Wildman–Crippen LogP) is 2.16. The molecule has 0 aliphatic heterocycles. The predicted molar refractivity (Wildman–Crippen MR) is 58.5 cm³/mol. The summed E-state index contributed by atoms with van der Waals surface area (Å²) in [6.45, 7) is 1.36. The van der Waals surface area contributed by atoms with Crippen molar-refractivity contribution in [1.82, 2.24) is 10.5 Å². The van der Waals surface area contributed by atoms with Crippen molar-refractivity contribution >= 4 is 22.6 Å². The van der Waals surface area contributed by atoms with Crippen molar-refractivity contribution in [3.05, 3.63) is 39.7 Å². The SMILES string of the molecule is Ic1ccc(CNCc2ccno2)o1. The first-order chi connectivity index (χ1) is 6.84. The van der Waals surface area contributed by atoms with Crippen LogP contribution in [0.5, 0.6) is 0 Å². The van der Waals surface area contributed by atoms with Gasteiger partial charge in [0.2, 0.25) is 0 Å². The Bertz CT molecular complexity index is 383. The third kappa shape index (κ3) is 2.58. The molecule has 2 aromatic heterocycles. The van der Waals surface area contributed by atoms with Gasteiger partial charge in [0.15, 0.2) is 3.77 Å². The summed E-state index contributed by atoms with van der Waals surface area (Å²) in [6.07, 6.45) is 1.63.